The summed E-state index contributed by atoms with van der Waals surface area (Å²) in [7, 11) is 0. The molecule has 132 valence electrons. The topological polar surface area (TPSA) is 59.6 Å². The normalized spacial score (nSPS) is 20.2. The minimum atomic E-state index is 0.0270. The molecule has 1 unspecified atom stereocenters. The Hall–Kier alpha value is -1.59. The fraction of sp³-hybridized carbons (Fsp3) is 0.632. The lowest BCUT2D eigenvalue weighted by atomic mass is 9.88. The highest BCUT2D eigenvalue weighted by molar-refractivity contribution is 5.92. The number of anilines is 1. The molecule has 2 fully saturated rings. The van der Waals surface area contributed by atoms with E-state index in [1.807, 2.05) is 32.0 Å². The van der Waals surface area contributed by atoms with Gasteiger partial charge in [0, 0.05) is 30.9 Å². The van der Waals surface area contributed by atoms with Crippen LogP contribution in [0.2, 0.25) is 0 Å². The van der Waals surface area contributed by atoms with Crippen molar-refractivity contribution in [2.45, 2.75) is 26.7 Å². The monoisotopic (exact) mass is 332 g/mol. The van der Waals surface area contributed by atoms with Gasteiger partial charge >= 0.3 is 0 Å². The molecule has 2 aliphatic rings. The van der Waals surface area contributed by atoms with E-state index in [9.17, 15) is 4.79 Å². The number of amides is 1. The standard InChI is InChI=1S/C19H28N2O3/c1-13-3-4-17(21-19(22)14(2)16-10-20-11-16)9-18(13)24-12-15-5-7-23-8-6-15/h3-4,9,14-16,20H,5-8,10-12H2,1-2H3,(H,21,22). The van der Waals surface area contributed by atoms with Crippen LogP contribution in [0.3, 0.4) is 0 Å². The molecule has 0 saturated carbocycles. The lowest BCUT2D eigenvalue weighted by Crippen LogP contribution is -2.48. The maximum absolute atomic E-state index is 12.4. The van der Waals surface area contributed by atoms with E-state index in [-0.39, 0.29) is 11.8 Å². The van der Waals surface area contributed by atoms with Crippen molar-refractivity contribution in [1.29, 1.82) is 0 Å². The van der Waals surface area contributed by atoms with E-state index in [4.69, 9.17) is 9.47 Å². The first-order chi connectivity index (χ1) is 11.6. The number of ether oxygens (including phenoxy) is 2. The molecule has 0 radical (unpaired) electrons. The van der Waals surface area contributed by atoms with Gasteiger partial charge in [-0.3, -0.25) is 4.79 Å². The Kier molecular flexibility index (Phi) is 5.74. The molecule has 5 heteroatoms. The van der Waals surface area contributed by atoms with E-state index in [0.717, 1.165) is 56.1 Å². The molecule has 2 saturated heterocycles. The summed E-state index contributed by atoms with van der Waals surface area (Å²) < 4.78 is 11.4. The van der Waals surface area contributed by atoms with Crippen molar-refractivity contribution in [2.24, 2.45) is 17.8 Å². The molecule has 2 heterocycles. The van der Waals surface area contributed by atoms with Gasteiger partial charge in [-0.25, -0.2) is 0 Å². The Labute approximate surface area is 144 Å². The van der Waals surface area contributed by atoms with Crippen LogP contribution in [0.15, 0.2) is 18.2 Å². The summed E-state index contributed by atoms with van der Waals surface area (Å²) in [6.07, 6.45) is 2.12. The molecule has 2 N–H and O–H groups in total. The number of nitrogens with one attached hydrogen (secondary N) is 2. The van der Waals surface area contributed by atoms with Gasteiger partial charge in [0.25, 0.3) is 0 Å². The van der Waals surface area contributed by atoms with Crippen LogP contribution < -0.4 is 15.4 Å². The summed E-state index contributed by atoms with van der Waals surface area (Å²) in [4.78, 5) is 12.4. The predicted molar refractivity (Wildman–Crippen MR) is 94.4 cm³/mol. The third-order valence-corrected chi connectivity index (χ3v) is 5.20. The zero-order valence-electron chi connectivity index (χ0n) is 14.6. The van der Waals surface area contributed by atoms with E-state index >= 15 is 0 Å². The van der Waals surface area contributed by atoms with Gasteiger partial charge in [0.2, 0.25) is 5.91 Å². The lowest BCUT2D eigenvalue weighted by molar-refractivity contribution is -0.121. The number of carbonyl (C=O) groups excluding carboxylic acids is 1. The number of benzene rings is 1. The highest BCUT2D eigenvalue weighted by Crippen LogP contribution is 2.26. The number of hydrogen-bond donors (Lipinski definition) is 2. The quantitative estimate of drug-likeness (QED) is 0.841. The second kappa shape index (κ2) is 7.99. The first-order valence-corrected chi connectivity index (χ1v) is 8.96. The van der Waals surface area contributed by atoms with E-state index in [2.05, 4.69) is 10.6 Å². The van der Waals surface area contributed by atoms with Gasteiger partial charge in [0.1, 0.15) is 5.75 Å². The summed E-state index contributed by atoms with van der Waals surface area (Å²) in [5.41, 5.74) is 1.91. The number of aryl methyl sites for hydroxylation is 1. The number of rotatable bonds is 6. The fourth-order valence-corrected chi connectivity index (χ4v) is 3.09. The van der Waals surface area contributed by atoms with E-state index in [1.165, 1.54) is 0 Å². The molecule has 0 aromatic heterocycles. The molecule has 1 aromatic rings. The van der Waals surface area contributed by atoms with Crippen LogP contribution in [-0.2, 0) is 9.53 Å². The van der Waals surface area contributed by atoms with Crippen molar-refractivity contribution in [3.8, 4) is 5.75 Å². The maximum atomic E-state index is 12.4. The van der Waals surface area contributed by atoms with Gasteiger partial charge in [-0.15, -0.1) is 0 Å². The summed E-state index contributed by atoms with van der Waals surface area (Å²) in [5, 5.41) is 6.25. The van der Waals surface area contributed by atoms with Crippen LogP contribution in [0.25, 0.3) is 0 Å². The molecule has 1 atom stereocenters. The summed E-state index contributed by atoms with van der Waals surface area (Å²) in [6, 6.07) is 5.89. The molecule has 24 heavy (non-hydrogen) atoms. The SMILES string of the molecule is Cc1ccc(NC(=O)C(C)C2CNC2)cc1OCC1CCOCC1. The Bertz CT molecular complexity index is 566. The zero-order valence-corrected chi connectivity index (χ0v) is 14.6. The second-order valence-electron chi connectivity index (χ2n) is 7.04. The smallest absolute Gasteiger partial charge is 0.227 e. The summed E-state index contributed by atoms with van der Waals surface area (Å²) >= 11 is 0. The molecule has 2 aliphatic heterocycles. The third kappa shape index (κ3) is 4.28. The third-order valence-electron chi connectivity index (χ3n) is 5.20. The van der Waals surface area contributed by atoms with Gasteiger partial charge < -0.3 is 20.1 Å². The predicted octanol–water partition coefficient (Wildman–Crippen LogP) is 2.59. The fourth-order valence-electron chi connectivity index (χ4n) is 3.09. The van der Waals surface area contributed by atoms with Gasteiger partial charge in [0.05, 0.1) is 6.61 Å². The maximum Gasteiger partial charge on any atom is 0.227 e. The number of hydrogen-bond acceptors (Lipinski definition) is 4. The molecule has 0 aliphatic carbocycles. The van der Waals surface area contributed by atoms with Crippen molar-refractivity contribution < 1.29 is 14.3 Å². The molecule has 3 rings (SSSR count). The Morgan fingerprint density at radius 3 is 2.79 bits per heavy atom. The van der Waals surface area contributed by atoms with Crippen LogP contribution in [0.4, 0.5) is 5.69 Å². The average molecular weight is 332 g/mol. The Morgan fingerprint density at radius 2 is 2.12 bits per heavy atom. The summed E-state index contributed by atoms with van der Waals surface area (Å²) in [5.74, 6) is 1.97. The van der Waals surface area contributed by atoms with E-state index in [0.29, 0.717) is 18.4 Å². The highest BCUT2D eigenvalue weighted by atomic mass is 16.5. The molecular formula is C19H28N2O3. The molecule has 1 amide bonds. The van der Waals surface area contributed by atoms with Gasteiger partial charge in [0.15, 0.2) is 0 Å². The largest absolute Gasteiger partial charge is 0.493 e. The molecule has 5 nitrogen and oxygen atoms in total. The number of carbonyl (C=O) groups is 1. The molecular weight excluding hydrogens is 304 g/mol. The Balaban J connectivity index is 1.57. The second-order valence-corrected chi connectivity index (χ2v) is 7.04. The molecule has 1 aromatic carbocycles. The van der Waals surface area contributed by atoms with E-state index < -0.39 is 0 Å². The van der Waals surface area contributed by atoms with Crippen LogP contribution in [0.1, 0.15) is 25.3 Å². The first-order valence-electron chi connectivity index (χ1n) is 8.96. The zero-order chi connectivity index (χ0) is 16.9. The van der Waals surface area contributed by atoms with Crippen molar-refractivity contribution >= 4 is 11.6 Å². The van der Waals surface area contributed by atoms with Crippen LogP contribution in [-0.4, -0.2) is 38.8 Å². The van der Waals surface area contributed by atoms with Gasteiger partial charge in [-0.2, -0.15) is 0 Å². The van der Waals surface area contributed by atoms with Crippen LogP contribution >= 0.6 is 0 Å². The minimum Gasteiger partial charge on any atom is -0.493 e. The lowest BCUT2D eigenvalue weighted by Gasteiger charge is -2.31. The van der Waals surface area contributed by atoms with Crippen LogP contribution in [0, 0.1) is 24.7 Å². The van der Waals surface area contributed by atoms with Crippen LogP contribution in [0.5, 0.6) is 5.75 Å². The van der Waals surface area contributed by atoms with Crippen molar-refractivity contribution in [2.75, 3.05) is 38.2 Å². The Morgan fingerprint density at radius 1 is 1.38 bits per heavy atom. The molecule has 0 spiro atoms. The van der Waals surface area contributed by atoms with Crippen molar-refractivity contribution in [3.05, 3.63) is 23.8 Å². The molecule has 0 bridgehead atoms. The van der Waals surface area contributed by atoms with Gasteiger partial charge in [-0.05, 0) is 56.3 Å². The first kappa shape index (κ1) is 17.2. The van der Waals surface area contributed by atoms with Gasteiger partial charge in [-0.1, -0.05) is 13.0 Å². The minimum absolute atomic E-state index is 0.0270. The van der Waals surface area contributed by atoms with Crippen molar-refractivity contribution in [3.63, 3.8) is 0 Å². The van der Waals surface area contributed by atoms with Crippen molar-refractivity contribution in [1.82, 2.24) is 5.32 Å². The average Bonchev–Trinajstić information content (AvgIpc) is 2.54. The van der Waals surface area contributed by atoms with E-state index in [1.54, 1.807) is 0 Å². The highest BCUT2D eigenvalue weighted by Gasteiger charge is 2.28. The summed E-state index contributed by atoms with van der Waals surface area (Å²) in [6.45, 7) is 8.27.